The molecule has 1 aliphatic rings. The molecule has 1 aliphatic heterocycles. The van der Waals surface area contributed by atoms with E-state index in [9.17, 15) is 18.0 Å². The minimum absolute atomic E-state index is 0.278. The van der Waals surface area contributed by atoms with Crippen LogP contribution in [0.5, 0.6) is 0 Å². The number of hydrogen-bond acceptors (Lipinski definition) is 4. The summed E-state index contributed by atoms with van der Waals surface area (Å²) in [6.45, 7) is -0.206. The van der Waals surface area contributed by atoms with Gasteiger partial charge >= 0.3 is 6.18 Å². The molecule has 0 bridgehead atoms. The Labute approximate surface area is 119 Å². The van der Waals surface area contributed by atoms with Crippen LogP contribution >= 0.6 is 0 Å². The lowest BCUT2D eigenvalue weighted by molar-refractivity contribution is -0.208. The monoisotopic (exact) mass is 306 g/mol. The van der Waals surface area contributed by atoms with E-state index >= 15 is 0 Å². The summed E-state index contributed by atoms with van der Waals surface area (Å²) in [6.07, 6.45) is -3.52. The minimum atomic E-state index is -4.68. The zero-order chi connectivity index (χ0) is 15.8. The number of carbonyl (C=O) groups is 1. The van der Waals surface area contributed by atoms with Crippen LogP contribution in [0.4, 0.5) is 18.9 Å². The van der Waals surface area contributed by atoms with E-state index in [1.54, 1.807) is 17.9 Å². The Morgan fingerprint density at radius 1 is 1.57 bits per heavy atom. The summed E-state index contributed by atoms with van der Waals surface area (Å²) in [7, 11) is 3.12. The summed E-state index contributed by atoms with van der Waals surface area (Å²) in [5.74, 6) is -0.278. The van der Waals surface area contributed by atoms with Gasteiger partial charge in [-0.05, 0) is 13.5 Å². The third-order valence-electron chi connectivity index (χ3n) is 3.55. The van der Waals surface area contributed by atoms with Gasteiger partial charge in [-0.15, -0.1) is 0 Å². The van der Waals surface area contributed by atoms with Gasteiger partial charge in [-0.3, -0.25) is 14.4 Å². The maximum Gasteiger partial charge on any atom is 0.415 e. The molecule has 9 heteroatoms. The molecular weight excluding hydrogens is 289 g/mol. The van der Waals surface area contributed by atoms with E-state index in [1.807, 2.05) is 0 Å². The molecule has 0 radical (unpaired) electrons. The molecule has 1 saturated heterocycles. The lowest BCUT2D eigenvalue weighted by Gasteiger charge is -2.26. The van der Waals surface area contributed by atoms with Gasteiger partial charge in [0, 0.05) is 26.3 Å². The van der Waals surface area contributed by atoms with Crippen molar-refractivity contribution >= 4 is 11.6 Å². The Morgan fingerprint density at radius 2 is 2.24 bits per heavy atom. The Bertz CT molecular complexity index is 517. The SMILES string of the molecule is CN(CC(O)C(F)(F)F)C1CCN(c2cnn(C)c2)C1=O. The first-order valence-corrected chi connectivity index (χ1v) is 6.45. The van der Waals surface area contributed by atoms with Gasteiger partial charge in [0.15, 0.2) is 6.10 Å². The van der Waals surface area contributed by atoms with Crippen molar-refractivity contribution in [3.8, 4) is 0 Å². The number of rotatable bonds is 4. The second-order valence-electron chi connectivity index (χ2n) is 5.16. The first-order valence-electron chi connectivity index (χ1n) is 6.45. The van der Waals surface area contributed by atoms with Crippen LogP contribution in [-0.4, -0.2) is 64.2 Å². The molecule has 118 valence electrons. The average Bonchev–Trinajstić information content (AvgIpc) is 2.94. The Balaban J connectivity index is 2.01. The molecule has 0 spiro atoms. The van der Waals surface area contributed by atoms with Crippen LogP contribution in [0.1, 0.15) is 6.42 Å². The molecule has 21 heavy (non-hydrogen) atoms. The first-order chi connectivity index (χ1) is 9.70. The summed E-state index contributed by atoms with van der Waals surface area (Å²) >= 11 is 0. The molecule has 2 atom stereocenters. The summed E-state index contributed by atoms with van der Waals surface area (Å²) in [5.41, 5.74) is 0.620. The topological polar surface area (TPSA) is 61.6 Å². The third kappa shape index (κ3) is 3.35. The number of alkyl halides is 3. The van der Waals surface area contributed by atoms with E-state index in [4.69, 9.17) is 5.11 Å². The number of aromatic nitrogens is 2. The number of anilines is 1. The number of aliphatic hydroxyl groups is 1. The van der Waals surface area contributed by atoms with Gasteiger partial charge in [0.1, 0.15) is 0 Å². The smallest absolute Gasteiger partial charge is 0.382 e. The van der Waals surface area contributed by atoms with Crippen molar-refractivity contribution in [1.29, 1.82) is 0 Å². The third-order valence-corrected chi connectivity index (χ3v) is 3.55. The van der Waals surface area contributed by atoms with Crippen LogP contribution < -0.4 is 4.90 Å². The van der Waals surface area contributed by atoms with E-state index in [1.165, 1.54) is 23.0 Å². The van der Waals surface area contributed by atoms with E-state index in [2.05, 4.69) is 5.10 Å². The highest BCUT2D eigenvalue weighted by Gasteiger charge is 2.42. The van der Waals surface area contributed by atoms with Crippen molar-refractivity contribution in [3.63, 3.8) is 0 Å². The largest absolute Gasteiger partial charge is 0.415 e. The van der Waals surface area contributed by atoms with Gasteiger partial charge < -0.3 is 10.0 Å². The zero-order valence-corrected chi connectivity index (χ0v) is 11.7. The van der Waals surface area contributed by atoms with Crippen molar-refractivity contribution in [2.24, 2.45) is 7.05 Å². The summed E-state index contributed by atoms with van der Waals surface area (Å²) in [5, 5.41) is 13.1. The molecular formula is C12H17F3N4O2. The van der Waals surface area contributed by atoms with Crippen LogP contribution in [0.2, 0.25) is 0 Å². The number of halogens is 3. The fraction of sp³-hybridized carbons (Fsp3) is 0.667. The first kappa shape index (κ1) is 15.8. The van der Waals surface area contributed by atoms with Gasteiger partial charge in [-0.2, -0.15) is 18.3 Å². The van der Waals surface area contributed by atoms with E-state index in [0.29, 0.717) is 18.7 Å². The van der Waals surface area contributed by atoms with Crippen molar-refractivity contribution in [2.45, 2.75) is 24.7 Å². The molecule has 1 aromatic heterocycles. The molecule has 0 aliphatic carbocycles. The van der Waals surface area contributed by atoms with Crippen molar-refractivity contribution in [2.75, 3.05) is 25.0 Å². The van der Waals surface area contributed by atoms with Gasteiger partial charge in [-0.1, -0.05) is 0 Å². The highest BCUT2D eigenvalue weighted by Crippen LogP contribution is 2.25. The second kappa shape index (κ2) is 5.64. The zero-order valence-electron chi connectivity index (χ0n) is 11.7. The predicted molar refractivity (Wildman–Crippen MR) is 68.7 cm³/mol. The number of carbonyl (C=O) groups excluding carboxylic acids is 1. The summed E-state index contributed by atoms with van der Waals surface area (Å²) in [4.78, 5) is 15.0. The average molecular weight is 306 g/mol. The molecule has 1 amide bonds. The van der Waals surface area contributed by atoms with Gasteiger partial charge in [-0.25, -0.2) is 0 Å². The molecule has 2 unspecified atom stereocenters. The normalized spacial score (nSPS) is 21.4. The number of aryl methyl sites for hydroxylation is 1. The Kier molecular flexibility index (Phi) is 4.24. The van der Waals surface area contributed by atoms with Crippen molar-refractivity contribution in [1.82, 2.24) is 14.7 Å². The number of amides is 1. The van der Waals surface area contributed by atoms with Crippen LogP contribution in [0.3, 0.4) is 0 Å². The molecule has 1 fully saturated rings. The predicted octanol–water partition coefficient (Wildman–Crippen LogP) is 0.380. The van der Waals surface area contributed by atoms with E-state index in [0.717, 1.165) is 0 Å². The summed E-state index contributed by atoms with van der Waals surface area (Å²) < 4.78 is 38.6. The van der Waals surface area contributed by atoms with Crippen LogP contribution in [0.25, 0.3) is 0 Å². The van der Waals surface area contributed by atoms with Crippen molar-refractivity contribution in [3.05, 3.63) is 12.4 Å². The number of aliphatic hydroxyl groups excluding tert-OH is 1. The van der Waals surface area contributed by atoms with Gasteiger partial charge in [0.2, 0.25) is 5.91 Å². The molecule has 1 N–H and O–H groups in total. The van der Waals surface area contributed by atoms with E-state index in [-0.39, 0.29) is 5.91 Å². The number of hydrogen-bond donors (Lipinski definition) is 1. The Morgan fingerprint density at radius 3 is 2.76 bits per heavy atom. The fourth-order valence-electron chi connectivity index (χ4n) is 2.38. The highest BCUT2D eigenvalue weighted by molar-refractivity contribution is 5.99. The second-order valence-corrected chi connectivity index (χ2v) is 5.16. The van der Waals surface area contributed by atoms with Gasteiger partial charge in [0.05, 0.1) is 17.9 Å². The van der Waals surface area contributed by atoms with Crippen LogP contribution in [0, 0.1) is 0 Å². The number of nitrogens with zero attached hydrogens (tertiary/aromatic N) is 4. The Hall–Kier alpha value is -1.61. The molecule has 1 aromatic rings. The fourth-order valence-corrected chi connectivity index (χ4v) is 2.38. The lowest BCUT2D eigenvalue weighted by atomic mass is 10.2. The molecule has 2 rings (SSSR count). The highest BCUT2D eigenvalue weighted by atomic mass is 19.4. The standard InChI is InChI=1S/C12H17F3N4O2/c1-17(7-10(20)12(13,14)15)9-3-4-19(11(9)21)8-5-16-18(2)6-8/h5-6,9-10,20H,3-4,7H2,1-2H3. The molecule has 0 aromatic carbocycles. The molecule has 0 saturated carbocycles. The van der Waals surface area contributed by atoms with Crippen molar-refractivity contribution < 1.29 is 23.1 Å². The molecule has 2 heterocycles. The maximum absolute atomic E-state index is 12.4. The molecule has 6 nitrogen and oxygen atoms in total. The van der Waals surface area contributed by atoms with Gasteiger partial charge in [0.25, 0.3) is 0 Å². The van der Waals surface area contributed by atoms with Crippen LogP contribution in [-0.2, 0) is 11.8 Å². The summed E-state index contributed by atoms with van der Waals surface area (Å²) in [6, 6.07) is -0.665. The quantitative estimate of drug-likeness (QED) is 0.874. The maximum atomic E-state index is 12.4. The van der Waals surface area contributed by atoms with Crippen LogP contribution in [0.15, 0.2) is 12.4 Å². The van der Waals surface area contributed by atoms with E-state index < -0.39 is 24.9 Å². The lowest BCUT2D eigenvalue weighted by Crippen LogP contribution is -2.46. The number of likely N-dealkylation sites (N-methyl/N-ethyl adjacent to an activating group) is 1. The minimum Gasteiger partial charge on any atom is -0.382 e.